The van der Waals surface area contributed by atoms with Crippen molar-refractivity contribution < 1.29 is 0 Å². The molecule has 64 valence electrons. The molecule has 0 spiro atoms. The van der Waals surface area contributed by atoms with E-state index in [1.807, 2.05) is 26.2 Å². The van der Waals surface area contributed by atoms with Crippen molar-refractivity contribution in [3.8, 4) is 0 Å². The summed E-state index contributed by atoms with van der Waals surface area (Å²) in [4.78, 5) is 2.08. The van der Waals surface area contributed by atoms with Crippen LogP contribution in [0.3, 0.4) is 0 Å². The van der Waals surface area contributed by atoms with Gasteiger partial charge in [-0.15, -0.1) is 0 Å². The topological polar surface area (TPSA) is 3.24 Å². The van der Waals surface area contributed by atoms with Crippen LogP contribution in [0.1, 0.15) is 0 Å². The molecule has 0 aliphatic carbocycles. The van der Waals surface area contributed by atoms with Crippen molar-refractivity contribution in [2.75, 3.05) is 19.0 Å². The molecule has 2 aromatic carbocycles. The van der Waals surface area contributed by atoms with Gasteiger partial charge in [0.2, 0.25) is 0 Å². The first-order chi connectivity index (χ1) is 6.27. The monoisotopic (exact) mass is 169 g/mol. The van der Waals surface area contributed by atoms with Crippen LogP contribution in [-0.2, 0) is 0 Å². The van der Waals surface area contributed by atoms with Crippen molar-refractivity contribution in [2.45, 2.75) is 0 Å². The van der Waals surface area contributed by atoms with Gasteiger partial charge in [0.05, 0.1) is 0 Å². The number of fused-ring (bicyclic) bond motifs is 1. The number of hydrogen-bond donors (Lipinski definition) is 0. The minimum Gasteiger partial charge on any atom is -0.378 e. The molecule has 0 aliphatic heterocycles. The fourth-order valence-corrected chi connectivity index (χ4v) is 1.32. The Kier molecular flexibility index (Phi) is 1.93. The third-order valence-electron chi connectivity index (χ3n) is 2.08. The maximum Gasteiger partial charge on any atom is 0.0367 e. The highest BCUT2D eigenvalue weighted by Crippen LogP contribution is 2.19. The number of rotatable bonds is 1. The fourth-order valence-electron chi connectivity index (χ4n) is 1.32. The summed E-state index contributed by atoms with van der Waals surface area (Å²) in [6, 6.07) is 16.4. The summed E-state index contributed by atoms with van der Waals surface area (Å²) in [6.45, 7) is 0. The maximum atomic E-state index is 3.19. The quantitative estimate of drug-likeness (QED) is 0.634. The van der Waals surface area contributed by atoms with Crippen molar-refractivity contribution in [2.24, 2.45) is 0 Å². The van der Waals surface area contributed by atoms with Crippen molar-refractivity contribution in [3.63, 3.8) is 0 Å². The minimum absolute atomic E-state index is 1.12. The average molecular weight is 169 g/mol. The molecule has 0 amide bonds. The zero-order valence-electron chi connectivity index (χ0n) is 7.83. The van der Waals surface area contributed by atoms with Crippen LogP contribution in [0.15, 0.2) is 30.3 Å². The van der Waals surface area contributed by atoms with E-state index in [1.54, 1.807) is 0 Å². The van der Waals surface area contributed by atoms with E-state index in [9.17, 15) is 0 Å². The molecule has 2 aromatic rings. The van der Waals surface area contributed by atoms with Gasteiger partial charge in [0, 0.05) is 19.8 Å². The van der Waals surface area contributed by atoms with Crippen LogP contribution in [0, 0.1) is 12.1 Å². The van der Waals surface area contributed by atoms with Crippen molar-refractivity contribution in [1.29, 1.82) is 0 Å². The first-order valence-electron chi connectivity index (χ1n) is 4.27. The lowest BCUT2D eigenvalue weighted by Gasteiger charge is -2.12. The lowest BCUT2D eigenvalue weighted by Crippen LogP contribution is -2.07. The van der Waals surface area contributed by atoms with Gasteiger partial charge in [-0.05, 0) is 35.0 Å². The van der Waals surface area contributed by atoms with E-state index in [0.717, 1.165) is 10.8 Å². The van der Waals surface area contributed by atoms with E-state index in [4.69, 9.17) is 0 Å². The Morgan fingerprint density at radius 1 is 1.00 bits per heavy atom. The van der Waals surface area contributed by atoms with Crippen molar-refractivity contribution in [1.82, 2.24) is 0 Å². The molecule has 0 saturated heterocycles. The third-order valence-corrected chi connectivity index (χ3v) is 2.08. The molecule has 1 heteroatoms. The molecular weight excluding hydrogens is 158 g/mol. The van der Waals surface area contributed by atoms with Gasteiger partial charge in [0.25, 0.3) is 0 Å². The van der Waals surface area contributed by atoms with Gasteiger partial charge in [0.15, 0.2) is 0 Å². The second kappa shape index (κ2) is 3.09. The van der Waals surface area contributed by atoms with E-state index < -0.39 is 0 Å². The van der Waals surface area contributed by atoms with Crippen molar-refractivity contribution in [3.05, 3.63) is 42.5 Å². The van der Waals surface area contributed by atoms with Gasteiger partial charge in [-0.3, -0.25) is 0 Å². The zero-order valence-corrected chi connectivity index (χ0v) is 7.83. The van der Waals surface area contributed by atoms with Crippen LogP contribution in [0.25, 0.3) is 10.8 Å². The molecule has 0 heterocycles. The molecule has 2 rings (SSSR count). The Labute approximate surface area is 78.6 Å². The van der Waals surface area contributed by atoms with Crippen molar-refractivity contribution >= 4 is 16.5 Å². The number of nitrogens with zero attached hydrogens (tertiary/aromatic N) is 1. The number of benzene rings is 2. The Hall–Kier alpha value is -1.50. The van der Waals surface area contributed by atoms with Crippen LogP contribution >= 0.6 is 0 Å². The lowest BCUT2D eigenvalue weighted by molar-refractivity contribution is 1.13. The largest absolute Gasteiger partial charge is 0.378 e. The average Bonchev–Trinajstić information content (AvgIpc) is 2.17. The Morgan fingerprint density at radius 3 is 2.38 bits per heavy atom. The summed E-state index contributed by atoms with van der Waals surface area (Å²) in [7, 11) is 4.07. The Balaban J connectivity index is 2.62. The maximum absolute atomic E-state index is 3.19. The van der Waals surface area contributed by atoms with Gasteiger partial charge in [-0.2, -0.15) is 0 Å². The van der Waals surface area contributed by atoms with E-state index in [-0.39, 0.29) is 0 Å². The van der Waals surface area contributed by atoms with E-state index >= 15 is 0 Å². The van der Waals surface area contributed by atoms with Crippen LogP contribution in [0.2, 0.25) is 0 Å². The summed E-state index contributed by atoms with van der Waals surface area (Å²) in [6.07, 6.45) is 0. The molecule has 0 saturated carbocycles. The predicted molar refractivity (Wildman–Crippen MR) is 55.9 cm³/mol. The number of hydrogen-bond acceptors (Lipinski definition) is 1. The molecule has 13 heavy (non-hydrogen) atoms. The van der Waals surface area contributed by atoms with Gasteiger partial charge >= 0.3 is 0 Å². The highest BCUT2D eigenvalue weighted by molar-refractivity contribution is 5.84. The standard InChI is InChI=1S/C12H11N/c1-13(2)12-8-7-10-5-3-4-6-11(10)9-12/h3-4,7-9H,1-2H3. The third kappa shape index (κ3) is 1.50. The first kappa shape index (κ1) is 8.11. The van der Waals surface area contributed by atoms with E-state index in [0.29, 0.717) is 0 Å². The normalized spacial score (nSPS) is 10.3. The molecule has 0 atom stereocenters. The van der Waals surface area contributed by atoms with Crippen LogP contribution in [0.5, 0.6) is 0 Å². The molecular formula is C12H11N. The van der Waals surface area contributed by atoms with Crippen LogP contribution in [0.4, 0.5) is 5.69 Å². The molecule has 0 unspecified atom stereocenters. The Bertz CT molecular complexity index is 418. The highest BCUT2D eigenvalue weighted by atomic mass is 15.1. The second-order valence-corrected chi connectivity index (χ2v) is 3.25. The summed E-state index contributed by atoms with van der Waals surface area (Å²) >= 11 is 0. The molecule has 0 aromatic heterocycles. The minimum atomic E-state index is 1.12. The smallest absolute Gasteiger partial charge is 0.0367 e. The second-order valence-electron chi connectivity index (χ2n) is 3.25. The predicted octanol–water partition coefficient (Wildman–Crippen LogP) is 2.51. The molecule has 0 fully saturated rings. The van der Waals surface area contributed by atoms with Gasteiger partial charge in [-0.25, -0.2) is 0 Å². The van der Waals surface area contributed by atoms with Gasteiger partial charge in [-0.1, -0.05) is 18.2 Å². The van der Waals surface area contributed by atoms with E-state index in [2.05, 4.69) is 35.2 Å². The van der Waals surface area contributed by atoms with Crippen LogP contribution < -0.4 is 4.90 Å². The zero-order chi connectivity index (χ0) is 9.26. The van der Waals surface area contributed by atoms with E-state index in [1.165, 1.54) is 5.69 Å². The molecule has 0 aliphatic rings. The first-order valence-corrected chi connectivity index (χ1v) is 4.27. The number of anilines is 1. The Morgan fingerprint density at radius 2 is 1.69 bits per heavy atom. The fraction of sp³-hybridized carbons (Fsp3) is 0.167. The molecule has 1 nitrogen and oxygen atoms in total. The summed E-state index contributed by atoms with van der Waals surface area (Å²) in [5.41, 5.74) is 1.20. The lowest BCUT2D eigenvalue weighted by atomic mass is 10.1. The van der Waals surface area contributed by atoms with Gasteiger partial charge in [0.1, 0.15) is 0 Å². The highest BCUT2D eigenvalue weighted by Gasteiger charge is 1.96. The summed E-state index contributed by atoms with van der Waals surface area (Å²) in [5.74, 6) is 0. The SMILES string of the molecule is CN(C)c1ccc2[c]cc[c]c2c1. The molecule has 0 bridgehead atoms. The van der Waals surface area contributed by atoms with Crippen LogP contribution in [-0.4, -0.2) is 14.1 Å². The summed E-state index contributed by atoms with van der Waals surface area (Å²) in [5, 5.41) is 2.24. The molecule has 2 radical (unpaired) electrons. The van der Waals surface area contributed by atoms with Gasteiger partial charge < -0.3 is 4.90 Å². The summed E-state index contributed by atoms with van der Waals surface area (Å²) < 4.78 is 0. The molecule has 0 N–H and O–H groups in total.